The van der Waals surface area contributed by atoms with Crippen LogP contribution in [-0.2, 0) is 21.3 Å². The lowest BCUT2D eigenvalue weighted by Gasteiger charge is -2.27. The van der Waals surface area contributed by atoms with Crippen molar-refractivity contribution in [1.29, 1.82) is 0 Å². The standard InChI is InChI=1S/C18H19ClN2O5S/c19-14-5-6-16(22)15(11-14)18(23)20-12-13-3-1-2-4-17(13)27(24,25)21-7-9-26-10-8-21/h1-6,11,22H,7-10,12H2,(H,20,23). The van der Waals surface area contributed by atoms with Crippen molar-refractivity contribution >= 4 is 27.5 Å². The topological polar surface area (TPSA) is 95.9 Å². The third kappa shape index (κ3) is 4.41. The van der Waals surface area contributed by atoms with Crippen molar-refractivity contribution in [2.45, 2.75) is 11.4 Å². The van der Waals surface area contributed by atoms with E-state index < -0.39 is 15.9 Å². The van der Waals surface area contributed by atoms with Gasteiger partial charge in [0.05, 0.1) is 23.7 Å². The molecule has 0 saturated carbocycles. The highest BCUT2D eigenvalue weighted by Crippen LogP contribution is 2.23. The van der Waals surface area contributed by atoms with Crippen molar-refractivity contribution in [3.63, 3.8) is 0 Å². The van der Waals surface area contributed by atoms with Crippen molar-refractivity contribution in [1.82, 2.24) is 9.62 Å². The number of sulfonamides is 1. The smallest absolute Gasteiger partial charge is 0.255 e. The van der Waals surface area contributed by atoms with Crippen LogP contribution in [0.4, 0.5) is 0 Å². The summed E-state index contributed by atoms with van der Waals surface area (Å²) in [6.45, 7) is 1.28. The van der Waals surface area contributed by atoms with Crippen LogP contribution in [0.3, 0.4) is 0 Å². The zero-order chi connectivity index (χ0) is 19.4. The normalized spacial score (nSPS) is 15.4. The van der Waals surface area contributed by atoms with E-state index in [4.69, 9.17) is 16.3 Å². The Hall–Kier alpha value is -2.13. The molecule has 2 aromatic rings. The maximum atomic E-state index is 12.9. The van der Waals surface area contributed by atoms with Gasteiger partial charge in [0.2, 0.25) is 10.0 Å². The predicted molar refractivity (Wildman–Crippen MR) is 100 cm³/mol. The zero-order valence-electron chi connectivity index (χ0n) is 14.4. The number of carbonyl (C=O) groups is 1. The number of hydrogen-bond donors (Lipinski definition) is 2. The molecule has 144 valence electrons. The van der Waals surface area contributed by atoms with Crippen LogP contribution in [-0.4, -0.2) is 50.0 Å². The van der Waals surface area contributed by atoms with Crippen LogP contribution in [0, 0.1) is 0 Å². The molecule has 1 aliphatic rings. The summed E-state index contributed by atoms with van der Waals surface area (Å²) in [6.07, 6.45) is 0. The maximum absolute atomic E-state index is 12.9. The summed E-state index contributed by atoms with van der Waals surface area (Å²) in [5, 5.41) is 12.8. The van der Waals surface area contributed by atoms with Crippen molar-refractivity contribution in [3.05, 3.63) is 58.6 Å². The second-order valence-corrected chi connectivity index (χ2v) is 8.31. The number of benzene rings is 2. The minimum Gasteiger partial charge on any atom is -0.507 e. The van der Waals surface area contributed by atoms with Crippen LogP contribution >= 0.6 is 11.6 Å². The molecular formula is C18H19ClN2O5S. The van der Waals surface area contributed by atoms with E-state index in [0.717, 1.165) is 0 Å². The minimum absolute atomic E-state index is 0.00939. The Balaban J connectivity index is 1.80. The first kappa shape index (κ1) is 19.6. The number of carbonyl (C=O) groups excluding carboxylic acids is 1. The molecule has 1 aliphatic heterocycles. The van der Waals surface area contributed by atoms with Crippen molar-refractivity contribution < 1.29 is 23.1 Å². The summed E-state index contributed by atoms with van der Waals surface area (Å²) in [4.78, 5) is 12.5. The molecule has 27 heavy (non-hydrogen) atoms. The molecule has 0 aromatic heterocycles. The number of halogens is 1. The summed E-state index contributed by atoms with van der Waals surface area (Å²) >= 11 is 5.86. The van der Waals surface area contributed by atoms with E-state index in [2.05, 4.69) is 5.32 Å². The molecule has 0 atom stereocenters. The molecule has 0 unspecified atom stereocenters. The van der Waals surface area contributed by atoms with Crippen molar-refractivity contribution in [2.24, 2.45) is 0 Å². The van der Waals surface area contributed by atoms with Gasteiger partial charge in [-0.3, -0.25) is 4.79 Å². The molecular weight excluding hydrogens is 392 g/mol. The highest BCUT2D eigenvalue weighted by Gasteiger charge is 2.28. The fourth-order valence-electron chi connectivity index (χ4n) is 2.79. The lowest BCUT2D eigenvalue weighted by Crippen LogP contribution is -2.41. The number of aromatic hydroxyl groups is 1. The molecule has 0 radical (unpaired) electrons. The summed E-state index contributed by atoms with van der Waals surface area (Å²) in [7, 11) is -3.69. The van der Waals surface area contributed by atoms with Crippen LogP contribution in [0.25, 0.3) is 0 Å². The number of phenolic OH excluding ortho intramolecular Hbond substituents is 1. The molecule has 1 fully saturated rings. The Kier molecular flexibility index (Phi) is 6.01. The van der Waals surface area contributed by atoms with Gasteiger partial charge < -0.3 is 15.2 Å². The van der Waals surface area contributed by atoms with Gasteiger partial charge in [0.1, 0.15) is 5.75 Å². The van der Waals surface area contributed by atoms with E-state index in [9.17, 15) is 18.3 Å². The SMILES string of the molecule is O=C(NCc1ccccc1S(=O)(=O)N1CCOCC1)c1cc(Cl)ccc1O. The second-order valence-electron chi connectivity index (χ2n) is 5.97. The minimum atomic E-state index is -3.69. The first-order chi connectivity index (χ1) is 12.9. The number of amides is 1. The van der Waals surface area contributed by atoms with E-state index in [1.165, 1.54) is 28.6 Å². The van der Waals surface area contributed by atoms with E-state index in [-0.39, 0.29) is 22.8 Å². The Bertz CT molecular complexity index is 943. The Morgan fingerprint density at radius 2 is 1.89 bits per heavy atom. The number of phenols is 1. The number of nitrogens with zero attached hydrogens (tertiary/aromatic N) is 1. The molecule has 2 N–H and O–H groups in total. The quantitative estimate of drug-likeness (QED) is 0.785. The van der Waals surface area contributed by atoms with Gasteiger partial charge in [-0.05, 0) is 29.8 Å². The first-order valence-electron chi connectivity index (χ1n) is 8.32. The summed E-state index contributed by atoms with van der Waals surface area (Å²) in [5.41, 5.74) is 0.481. The fraction of sp³-hybridized carbons (Fsp3) is 0.278. The summed E-state index contributed by atoms with van der Waals surface area (Å²) in [5.74, 6) is -0.750. The largest absolute Gasteiger partial charge is 0.507 e. The molecule has 1 heterocycles. The average molecular weight is 411 g/mol. The molecule has 0 aliphatic carbocycles. The molecule has 0 bridgehead atoms. The monoisotopic (exact) mass is 410 g/mol. The Morgan fingerprint density at radius 3 is 2.63 bits per heavy atom. The maximum Gasteiger partial charge on any atom is 0.255 e. The van der Waals surface area contributed by atoms with Gasteiger partial charge in [-0.25, -0.2) is 8.42 Å². The van der Waals surface area contributed by atoms with E-state index in [1.54, 1.807) is 18.2 Å². The molecule has 0 spiro atoms. The lowest BCUT2D eigenvalue weighted by molar-refractivity contribution is 0.0730. The highest BCUT2D eigenvalue weighted by molar-refractivity contribution is 7.89. The molecule has 1 saturated heterocycles. The van der Waals surface area contributed by atoms with Gasteiger partial charge in [-0.15, -0.1) is 0 Å². The number of morpholine rings is 1. The Morgan fingerprint density at radius 1 is 1.19 bits per heavy atom. The summed E-state index contributed by atoms with van der Waals surface area (Å²) in [6, 6.07) is 10.7. The second kappa shape index (κ2) is 8.26. The van der Waals surface area contributed by atoms with Crippen LogP contribution in [0.1, 0.15) is 15.9 Å². The van der Waals surface area contributed by atoms with E-state index >= 15 is 0 Å². The average Bonchev–Trinajstić information content (AvgIpc) is 2.69. The van der Waals surface area contributed by atoms with E-state index in [1.807, 2.05) is 0 Å². The number of rotatable bonds is 5. The fourth-order valence-corrected chi connectivity index (χ4v) is 4.59. The zero-order valence-corrected chi connectivity index (χ0v) is 16.0. The molecule has 9 heteroatoms. The molecule has 7 nitrogen and oxygen atoms in total. The third-order valence-corrected chi connectivity index (χ3v) is 6.44. The van der Waals surface area contributed by atoms with E-state index in [0.29, 0.717) is 36.9 Å². The molecule has 1 amide bonds. The number of hydrogen-bond acceptors (Lipinski definition) is 5. The number of nitrogens with one attached hydrogen (secondary N) is 1. The van der Waals surface area contributed by atoms with Crippen molar-refractivity contribution in [2.75, 3.05) is 26.3 Å². The highest BCUT2D eigenvalue weighted by atomic mass is 35.5. The van der Waals surface area contributed by atoms with Gasteiger partial charge in [0, 0.05) is 24.7 Å². The van der Waals surface area contributed by atoms with Crippen LogP contribution in [0.2, 0.25) is 5.02 Å². The van der Waals surface area contributed by atoms with Crippen LogP contribution in [0.5, 0.6) is 5.75 Å². The van der Waals surface area contributed by atoms with Gasteiger partial charge in [-0.1, -0.05) is 29.8 Å². The summed E-state index contributed by atoms with van der Waals surface area (Å²) < 4.78 is 32.4. The first-order valence-corrected chi connectivity index (χ1v) is 10.1. The van der Waals surface area contributed by atoms with Gasteiger partial charge >= 0.3 is 0 Å². The third-order valence-electron chi connectivity index (χ3n) is 4.20. The number of ether oxygens (including phenoxy) is 1. The van der Waals surface area contributed by atoms with Crippen molar-refractivity contribution in [3.8, 4) is 5.75 Å². The Labute approximate surface area is 162 Å². The lowest BCUT2D eigenvalue weighted by atomic mass is 10.1. The van der Waals surface area contributed by atoms with Gasteiger partial charge in [0.15, 0.2) is 0 Å². The predicted octanol–water partition coefficient (Wildman–Crippen LogP) is 2.00. The van der Waals surface area contributed by atoms with Gasteiger partial charge in [0.25, 0.3) is 5.91 Å². The van der Waals surface area contributed by atoms with Crippen LogP contribution < -0.4 is 5.32 Å². The molecule has 3 rings (SSSR count). The molecule has 2 aromatic carbocycles. The van der Waals surface area contributed by atoms with Gasteiger partial charge in [-0.2, -0.15) is 4.31 Å². The van der Waals surface area contributed by atoms with Crippen LogP contribution in [0.15, 0.2) is 47.4 Å².